The maximum absolute atomic E-state index is 6.17. The average molecular weight is 307 g/mol. The summed E-state index contributed by atoms with van der Waals surface area (Å²) in [5.41, 5.74) is 2.55. The Morgan fingerprint density at radius 3 is 2.30 bits per heavy atom. The fourth-order valence-electron chi connectivity index (χ4n) is 2.47. The molecule has 0 spiro atoms. The molecule has 1 aromatic heterocycles. The maximum Gasteiger partial charge on any atom is 0.131 e. The highest BCUT2D eigenvalue weighted by Gasteiger charge is 2.16. The highest BCUT2D eigenvalue weighted by molar-refractivity contribution is 5.89. The maximum atomic E-state index is 6.17. The summed E-state index contributed by atoms with van der Waals surface area (Å²) in [6.07, 6.45) is 0. The molecule has 0 unspecified atom stereocenters. The van der Waals surface area contributed by atoms with Crippen LogP contribution in [-0.4, -0.2) is 17.7 Å². The third kappa shape index (κ3) is 3.45. The molecule has 0 saturated carbocycles. The first-order chi connectivity index (χ1) is 11.0. The van der Waals surface area contributed by atoms with Crippen molar-refractivity contribution in [2.45, 2.75) is 26.4 Å². The minimum absolute atomic E-state index is 0.276. The zero-order valence-electron chi connectivity index (χ0n) is 14.0. The number of ether oxygens (including phenoxy) is 2. The van der Waals surface area contributed by atoms with E-state index in [4.69, 9.17) is 14.5 Å². The molecule has 0 amide bonds. The number of nitrogens with zero attached hydrogens (tertiary/aromatic N) is 1. The summed E-state index contributed by atoms with van der Waals surface area (Å²) < 4.78 is 11.5. The first-order valence-corrected chi connectivity index (χ1v) is 7.69. The number of rotatable bonds is 3. The molecule has 118 valence electrons. The molecule has 0 fully saturated rings. The van der Waals surface area contributed by atoms with Crippen molar-refractivity contribution in [2.24, 2.45) is 0 Å². The van der Waals surface area contributed by atoms with Gasteiger partial charge in [-0.1, -0.05) is 30.3 Å². The third-order valence-corrected chi connectivity index (χ3v) is 3.46. The van der Waals surface area contributed by atoms with Crippen LogP contribution in [0, 0.1) is 0 Å². The van der Waals surface area contributed by atoms with Gasteiger partial charge in [0.1, 0.15) is 17.1 Å². The summed E-state index contributed by atoms with van der Waals surface area (Å²) in [6, 6.07) is 18.0. The lowest BCUT2D eigenvalue weighted by Crippen LogP contribution is -2.23. The second kappa shape index (κ2) is 5.92. The van der Waals surface area contributed by atoms with Crippen LogP contribution in [0.3, 0.4) is 0 Å². The van der Waals surface area contributed by atoms with Crippen LogP contribution in [0.15, 0.2) is 54.6 Å². The van der Waals surface area contributed by atoms with E-state index >= 15 is 0 Å². The monoisotopic (exact) mass is 307 g/mol. The number of hydrogen-bond donors (Lipinski definition) is 0. The van der Waals surface area contributed by atoms with Gasteiger partial charge >= 0.3 is 0 Å². The molecule has 0 saturated heterocycles. The number of fused-ring (bicyclic) bond motifs is 1. The quantitative estimate of drug-likeness (QED) is 0.675. The molecule has 0 aliphatic heterocycles. The molecule has 0 atom stereocenters. The van der Waals surface area contributed by atoms with Crippen LogP contribution < -0.4 is 9.47 Å². The van der Waals surface area contributed by atoms with Crippen molar-refractivity contribution < 1.29 is 9.47 Å². The fourth-order valence-corrected chi connectivity index (χ4v) is 2.47. The molecule has 0 aliphatic rings. The first-order valence-electron chi connectivity index (χ1n) is 7.69. The lowest BCUT2D eigenvalue weighted by molar-refractivity contribution is 0.133. The predicted molar refractivity (Wildman–Crippen MR) is 94.1 cm³/mol. The van der Waals surface area contributed by atoms with Gasteiger partial charge in [-0.3, -0.25) is 0 Å². The number of aromatic nitrogens is 1. The van der Waals surface area contributed by atoms with Gasteiger partial charge in [0.05, 0.1) is 18.3 Å². The molecule has 3 aromatic rings. The Labute approximate surface area is 136 Å². The summed E-state index contributed by atoms with van der Waals surface area (Å²) in [4.78, 5) is 4.78. The smallest absolute Gasteiger partial charge is 0.131 e. The van der Waals surface area contributed by atoms with E-state index in [1.165, 1.54) is 0 Å². The van der Waals surface area contributed by atoms with Gasteiger partial charge in [-0.25, -0.2) is 4.98 Å². The summed E-state index contributed by atoms with van der Waals surface area (Å²) in [5.74, 6) is 1.63. The summed E-state index contributed by atoms with van der Waals surface area (Å²) in [6.45, 7) is 6.14. The Hall–Kier alpha value is -2.55. The molecule has 0 bridgehead atoms. The molecular formula is C20H21NO2. The van der Waals surface area contributed by atoms with E-state index in [2.05, 4.69) is 12.1 Å². The summed E-state index contributed by atoms with van der Waals surface area (Å²) in [5, 5.41) is 0.986. The molecule has 3 rings (SSSR count). The van der Waals surface area contributed by atoms with Gasteiger partial charge in [0.2, 0.25) is 0 Å². The fraction of sp³-hybridized carbons (Fsp3) is 0.250. The molecule has 2 aromatic carbocycles. The lowest BCUT2D eigenvalue weighted by atomic mass is 10.1. The van der Waals surface area contributed by atoms with Crippen LogP contribution in [0.4, 0.5) is 0 Å². The molecule has 0 aliphatic carbocycles. The molecule has 23 heavy (non-hydrogen) atoms. The standard InChI is InChI=1S/C20H21NO2/c1-20(2,3)23-19-13-17(14-8-6-5-7-9-14)21-18-12-15(22-4)10-11-16(18)19/h5-13H,1-4H3. The van der Waals surface area contributed by atoms with E-state index in [0.29, 0.717) is 0 Å². The van der Waals surface area contributed by atoms with E-state index in [9.17, 15) is 0 Å². The number of hydrogen-bond acceptors (Lipinski definition) is 3. The molecule has 0 N–H and O–H groups in total. The van der Waals surface area contributed by atoms with Crippen molar-refractivity contribution in [1.29, 1.82) is 0 Å². The Morgan fingerprint density at radius 2 is 1.65 bits per heavy atom. The Morgan fingerprint density at radius 1 is 0.913 bits per heavy atom. The minimum Gasteiger partial charge on any atom is -0.497 e. The molecule has 0 radical (unpaired) electrons. The van der Waals surface area contributed by atoms with Gasteiger partial charge < -0.3 is 9.47 Å². The van der Waals surface area contributed by atoms with Crippen LogP contribution in [-0.2, 0) is 0 Å². The predicted octanol–water partition coefficient (Wildman–Crippen LogP) is 5.09. The number of benzene rings is 2. The van der Waals surface area contributed by atoms with E-state index < -0.39 is 0 Å². The van der Waals surface area contributed by atoms with Gasteiger partial charge in [-0.15, -0.1) is 0 Å². The summed E-state index contributed by atoms with van der Waals surface area (Å²) >= 11 is 0. The van der Waals surface area contributed by atoms with Crippen molar-refractivity contribution in [2.75, 3.05) is 7.11 Å². The van der Waals surface area contributed by atoms with Crippen LogP contribution >= 0.6 is 0 Å². The lowest BCUT2D eigenvalue weighted by Gasteiger charge is -2.23. The number of methoxy groups -OCH3 is 1. The Bertz CT molecular complexity index is 820. The zero-order chi connectivity index (χ0) is 16.4. The average Bonchev–Trinajstić information content (AvgIpc) is 2.53. The highest BCUT2D eigenvalue weighted by atomic mass is 16.5. The second-order valence-corrected chi connectivity index (χ2v) is 6.47. The van der Waals surface area contributed by atoms with Crippen LogP contribution in [0.25, 0.3) is 22.2 Å². The highest BCUT2D eigenvalue weighted by Crippen LogP contribution is 2.33. The van der Waals surface area contributed by atoms with Crippen LogP contribution in [0.2, 0.25) is 0 Å². The van der Waals surface area contributed by atoms with Crippen molar-refractivity contribution in [3.05, 3.63) is 54.6 Å². The van der Waals surface area contributed by atoms with E-state index in [1.807, 2.05) is 63.2 Å². The Kier molecular flexibility index (Phi) is 3.95. The van der Waals surface area contributed by atoms with Crippen LogP contribution in [0.5, 0.6) is 11.5 Å². The SMILES string of the molecule is COc1ccc2c(OC(C)(C)C)cc(-c3ccccc3)nc2c1. The largest absolute Gasteiger partial charge is 0.497 e. The molecule has 3 nitrogen and oxygen atoms in total. The van der Waals surface area contributed by atoms with E-state index in [1.54, 1.807) is 7.11 Å². The zero-order valence-corrected chi connectivity index (χ0v) is 14.0. The topological polar surface area (TPSA) is 31.4 Å². The third-order valence-electron chi connectivity index (χ3n) is 3.46. The first kappa shape index (κ1) is 15.3. The Balaban J connectivity index is 2.22. The molecule has 1 heterocycles. The van der Waals surface area contributed by atoms with E-state index in [-0.39, 0.29) is 5.60 Å². The van der Waals surface area contributed by atoms with Gasteiger partial charge in [0, 0.05) is 23.1 Å². The molecular weight excluding hydrogens is 286 g/mol. The van der Waals surface area contributed by atoms with Crippen molar-refractivity contribution >= 4 is 10.9 Å². The number of pyridine rings is 1. The normalized spacial score (nSPS) is 11.5. The van der Waals surface area contributed by atoms with Gasteiger partial charge in [0.15, 0.2) is 0 Å². The summed E-state index contributed by atoms with van der Waals surface area (Å²) in [7, 11) is 1.66. The van der Waals surface area contributed by atoms with E-state index in [0.717, 1.165) is 33.7 Å². The van der Waals surface area contributed by atoms with Gasteiger partial charge in [-0.2, -0.15) is 0 Å². The van der Waals surface area contributed by atoms with Crippen molar-refractivity contribution in [3.63, 3.8) is 0 Å². The van der Waals surface area contributed by atoms with Crippen molar-refractivity contribution in [1.82, 2.24) is 4.98 Å². The minimum atomic E-state index is -0.276. The van der Waals surface area contributed by atoms with Crippen LogP contribution in [0.1, 0.15) is 20.8 Å². The molecule has 3 heteroatoms. The van der Waals surface area contributed by atoms with Crippen molar-refractivity contribution in [3.8, 4) is 22.8 Å². The second-order valence-electron chi connectivity index (χ2n) is 6.47. The van der Waals surface area contributed by atoms with Gasteiger partial charge in [-0.05, 0) is 32.9 Å². The van der Waals surface area contributed by atoms with Gasteiger partial charge in [0.25, 0.3) is 0 Å².